The molecular formula is C13H24N2O4. The number of amides is 2. The Kier molecular flexibility index (Phi) is 7.14. The van der Waals surface area contributed by atoms with Crippen LogP contribution in [0.25, 0.3) is 0 Å². The molecule has 0 aliphatic heterocycles. The van der Waals surface area contributed by atoms with Crippen molar-refractivity contribution in [3.05, 3.63) is 12.2 Å². The molecule has 0 aromatic rings. The number of nitrogens with one attached hydrogen (secondary N) is 2. The third kappa shape index (κ3) is 8.20. The quantitative estimate of drug-likeness (QED) is 0.482. The lowest BCUT2D eigenvalue weighted by Gasteiger charge is -2.27. The van der Waals surface area contributed by atoms with Gasteiger partial charge in [0.15, 0.2) is 0 Å². The first-order chi connectivity index (χ1) is 8.64. The summed E-state index contributed by atoms with van der Waals surface area (Å²) in [5.41, 5.74) is 0.350. The lowest BCUT2D eigenvalue weighted by atomic mass is 9.87. The fourth-order valence-corrected chi connectivity index (χ4v) is 1.31. The first-order valence-corrected chi connectivity index (χ1v) is 6.14. The van der Waals surface area contributed by atoms with E-state index in [-0.39, 0.29) is 0 Å². The van der Waals surface area contributed by atoms with Gasteiger partial charge in [-0.05, 0) is 12.3 Å². The minimum absolute atomic E-state index is 0.315. The molecule has 0 aliphatic rings. The third-order valence-electron chi connectivity index (χ3n) is 2.27. The summed E-state index contributed by atoms with van der Waals surface area (Å²) >= 11 is 0. The summed E-state index contributed by atoms with van der Waals surface area (Å²) in [6, 6.07) is -1.45. The zero-order chi connectivity index (χ0) is 15.1. The molecule has 3 N–H and O–H groups in total. The van der Waals surface area contributed by atoms with Crippen molar-refractivity contribution in [2.24, 2.45) is 5.41 Å². The van der Waals surface area contributed by atoms with E-state index in [1.165, 1.54) is 0 Å². The highest BCUT2D eigenvalue weighted by Gasteiger charge is 2.32. The van der Waals surface area contributed by atoms with Crippen molar-refractivity contribution in [2.45, 2.75) is 33.7 Å². The lowest BCUT2D eigenvalue weighted by Crippen LogP contribution is -2.52. The second-order valence-electron chi connectivity index (χ2n) is 5.55. The number of hydrogen-bond acceptors (Lipinski definition) is 3. The van der Waals surface area contributed by atoms with Crippen LogP contribution in [0.4, 0.5) is 4.79 Å². The predicted molar refractivity (Wildman–Crippen MR) is 73.0 cm³/mol. The fraction of sp³-hybridized carbons (Fsp3) is 0.692. The Morgan fingerprint density at radius 2 is 1.95 bits per heavy atom. The number of hydrogen-bond donors (Lipinski definition) is 3. The number of rotatable bonds is 7. The summed E-state index contributed by atoms with van der Waals surface area (Å²) in [5, 5.41) is 14.0. The van der Waals surface area contributed by atoms with Gasteiger partial charge in [0, 0.05) is 6.54 Å². The third-order valence-corrected chi connectivity index (χ3v) is 2.27. The van der Waals surface area contributed by atoms with Crippen LogP contribution in [-0.4, -0.2) is 42.9 Å². The van der Waals surface area contributed by atoms with Crippen LogP contribution < -0.4 is 10.6 Å². The van der Waals surface area contributed by atoms with E-state index < -0.39 is 23.5 Å². The molecule has 6 heteroatoms. The second kappa shape index (κ2) is 7.78. The van der Waals surface area contributed by atoms with E-state index in [1.807, 2.05) is 6.92 Å². The molecule has 1 atom stereocenters. The van der Waals surface area contributed by atoms with Gasteiger partial charge < -0.3 is 20.5 Å². The molecule has 0 rings (SSSR count). The molecule has 110 valence electrons. The fourth-order valence-electron chi connectivity index (χ4n) is 1.31. The molecule has 0 spiro atoms. The minimum Gasteiger partial charge on any atom is -0.480 e. The highest BCUT2D eigenvalue weighted by Crippen LogP contribution is 2.19. The Hall–Kier alpha value is -1.56. The van der Waals surface area contributed by atoms with Crippen molar-refractivity contribution < 1.29 is 19.4 Å². The predicted octanol–water partition coefficient (Wildman–Crippen LogP) is 1.38. The normalized spacial score (nSPS) is 12.6. The molecule has 6 nitrogen and oxygen atoms in total. The van der Waals surface area contributed by atoms with Crippen molar-refractivity contribution in [1.29, 1.82) is 0 Å². The number of aliphatic carboxylic acids is 1. The standard InChI is InChI=1S/C13H24N2O4/c1-9(2)8-19-7-6-14-12(18)15-10(11(16)17)13(3,4)5/h10H,1,6-8H2,2-5H3,(H,16,17)(H2,14,15,18)/t10-/m1/s1. The second-order valence-corrected chi connectivity index (χ2v) is 5.55. The number of urea groups is 1. The Morgan fingerprint density at radius 3 is 2.37 bits per heavy atom. The van der Waals surface area contributed by atoms with E-state index in [2.05, 4.69) is 17.2 Å². The van der Waals surface area contributed by atoms with E-state index in [1.54, 1.807) is 20.8 Å². The number of carbonyl (C=O) groups is 2. The average Bonchev–Trinajstić information content (AvgIpc) is 2.23. The maximum Gasteiger partial charge on any atom is 0.326 e. The summed E-state index contributed by atoms with van der Waals surface area (Å²) in [4.78, 5) is 22.6. The summed E-state index contributed by atoms with van der Waals surface area (Å²) in [7, 11) is 0. The summed E-state index contributed by atoms with van der Waals surface area (Å²) in [6.07, 6.45) is 0. The average molecular weight is 272 g/mol. The molecule has 0 heterocycles. The van der Waals surface area contributed by atoms with Crippen LogP contribution in [0.3, 0.4) is 0 Å². The molecule has 0 aromatic carbocycles. The molecule has 0 aromatic heterocycles. The lowest BCUT2D eigenvalue weighted by molar-refractivity contribution is -0.141. The smallest absolute Gasteiger partial charge is 0.326 e. The van der Waals surface area contributed by atoms with Crippen molar-refractivity contribution in [2.75, 3.05) is 19.8 Å². The van der Waals surface area contributed by atoms with Gasteiger partial charge in [0.1, 0.15) is 6.04 Å². The molecule has 0 saturated heterocycles. The molecule has 0 bridgehead atoms. The van der Waals surface area contributed by atoms with Crippen LogP contribution in [0.1, 0.15) is 27.7 Å². The van der Waals surface area contributed by atoms with Crippen LogP contribution in [-0.2, 0) is 9.53 Å². The topological polar surface area (TPSA) is 87.7 Å². The van der Waals surface area contributed by atoms with Gasteiger partial charge in [-0.2, -0.15) is 0 Å². The van der Waals surface area contributed by atoms with Gasteiger partial charge in [0.05, 0.1) is 13.2 Å². The highest BCUT2D eigenvalue weighted by atomic mass is 16.5. The molecule has 0 radical (unpaired) electrons. The first kappa shape index (κ1) is 17.4. The first-order valence-electron chi connectivity index (χ1n) is 6.14. The van der Waals surface area contributed by atoms with Crippen molar-refractivity contribution in [3.8, 4) is 0 Å². The SMILES string of the molecule is C=C(C)COCCNC(=O)N[C@H](C(=O)O)C(C)(C)C. The molecule has 19 heavy (non-hydrogen) atoms. The van der Waals surface area contributed by atoms with Gasteiger partial charge in [-0.3, -0.25) is 0 Å². The van der Waals surface area contributed by atoms with E-state index in [0.717, 1.165) is 5.57 Å². The zero-order valence-corrected chi connectivity index (χ0v) is 12.1. The molecular weight excluding hydrogens is 248 g/mol. The van der Waals surface area contributed by atoms with E-state index in [0.29, 0.717) is 19.8 Å². The van der Waals surface area contributed by atoms with Gasteiger partial charge in [-0.1, -0.05) is 32.9 Å². The zero-order valence-electron chi connectivity index (χ0n) is 12.1. The molecule has 0 unspecified atom stereocenters. The Balaban J connectivity index is 4.02. The molecule has 0 aliphatic carbocycles. The van der Waals surface area contributed by atoms with Gasteiger partial charge in [0.2, 0.25) is 0 Å². The monoisotopic (exact) mass is 272 g/mol. The van der Waals surface area contributed by atoms with Crippen molar-refractivity contribution in [3.63, 3.8) is 0 Å². The van der Waals surface area contributed by atoms with Gasteiger partial charge in [0.25, 0.3) is 0 Å². The van der Waals surface area contributed by atoms with Crippen LogP contribution in [0.5, 0.6) is 0 Å². The molecule has 0 saturated carbocycles. The number of carboxylic acid groups (broad SMARTS) is 1. The minimum atomic E-state index is -1.05. The van der Waals surface area contributed by atoms with Crippen LogP contribution in [0, 0.1) is 5.41 Å². The Morgan fingerprint density at radius 1 is 1.37 bits per heavy atom. The summed E-state index contributed by atoms with van der Waals surface area (Å²) in [6.45, 7) is 11.9. The van der Waals surface area contributed by atoms with Gasteiger partial charge >= 0.3 is 12.0 Å². The van der Waals surface area contributed by atoms with E-state index >= 15 is 0 Å². The van der Waals surface area contributed by atoms with Crippen LogP contribution >= 0.6 is 0 Å². The molecule has 2 amide bonds. The summed E-state index contributed by atoms with van der Waals surface area (Å²) < 4.78 is 5.21. The maximum absolute atomic E-state index is 11.5. The number of carboxylic acids is 1. The van der Waals surface area contributed by atoms with Gasteiger partial charge in [-0.25, -0.2) is 9.59 Å². The van der Waals surface area contributed by atoms with E-state index in [4.69, 9.17) is 9.84 Å². The molecule has 0 fully saturated rings. The Labute approximate surface area is 114 Å². The van der Waals surface area contributed by atoms with E-state index in [9.17, 15) is 9.59 Å². The van der Waals surface area contributed by atoms with Crippen molar-refractivity contribution >= 4 is 12.0 Å². The van der Waals surface area contributed by atoms with Gasteiger partial charge in [-0.15, -0.1) is 0 Å². The Bertz CT molecular complexity index is 334. The summed E-state index contributed by atoms with van der Waals surface area (Å²) in [5.74, 6) is -1.05. The maximum atomic E-state index is 11.5. The van der Waals surface area contributed by atoms with Crippen LogP contribution in [0.2, 0.25) is 0 Å². The van der Waals surface area contributed by atoms with Crippen molar-refractivity contribution in [1.82, 2.24) is 10.6 Å². The van der Waals surface area contributed by atoms with Crippen LogP contribution in [0.15, 0.2) is 12.2 Å². The number of ether oxygens (including phenoxy) is 1. The number of carbonyl (C=O) groups excluding carboxylic acids is 1. The highest BCUT2D eigenvalue weighted by molar-refractivity contribution is 5.83. The largest absolute Gasteiger partial charge is 0.480 e.